The molecule has 7 nitrogen and oxygen atoms in total. The Labute approximate surface area is 93.0 Å². The molecule has 1 aliphatic heterocycles. The summed E-state index contributed by atoms with van der Waals surface area (Å²) < 4.78 is 10.2. The summed E-state index contributed by atoms with van der Waals surface area (Å²) >= 11 is 0. The second kappa shape index (κ2) is 5.55. The molecule has 1 aliphatic rings. The number of hydrogen-bond donors (Lipinski definition) is 4. The average Bonchev–Trinajstić information content (AvgIpc) is 2.29. The van der Waals surface area contributed by atoms with Crippen LogP contribution in [-0.4, -0.2) is 65.6 Å². The highest BCUT2D eigenvalue weighted by Gasteiger charge is 2.43. The average molecular weight is 235 g/mol. The summed E-state index contributed by atoms with van der Waals surface area (Å²) in [4.78, 5) is 11.4. The van der Waals surface area contributed by atoms with Gasteiger partial charge in [-0.15, -0.1) is 0 Å². The first kappa shape index (κ1) is 13.3. The van der Waals surface area contributed by atoms with Gasteiger partial charge in [0.15, 0.2) is 12.4 Å². The second-order valence-corrected chi connectivity index (χ2v) is 3.58. The lowest BCUT2D eigenvalue weighted by Gasteiger charge is -2.38. The molecule has 0 aromatic rings. The Morgan fingerprint density at radius 3 is 2.62 bits per heavy atom. The lowest BCUT2D eigenvalue weighted by molar-refractivity contribution is -0.289. The molecule has 0 aliphatic carbocycles. The zero-order valence-electron chi connectivity index (χ0n) is 9.16. The van der Waals surface area contributed by atoms with E-state index in [0.29, 0.717) is 0 Å². The van der Waals surface area contributed by atoms with E-state index in [2.05, 4.69) is 5.32 Å². The van der Waals surface area contributed by atoms with Gasteiger partial charge in [-0.25, -0.2) is 0 Å². The maximum atomic E-state index is 11.4. The molecule has 5 unspecified atom stereocenters. The van der Waals surface area contributed by atoms with Gasteiger partial charge in [-0.2, -0.15) is 0 Å². The molecule has 5 atom stereocenters. The van der Waals surface area contributed by atoms with Crippen LogP contribution >= 0.6 is 0 Å². The molecule has 4 N–H and O–H groups in total. The van der Waals surface area contributed by atoms with E-state index >= 15 is 0 Å². The van der Waals surface area contributed by atoms with Gasteiger partial charge in [0.2, 0.25) is 0 Å². The molecule has 0 aromatic heterocycles. The molecule has 7 heteroatoms. The van der Waals surface area contributed by atoms with Gasteiger partial charge in [0.05, 0.1) is 6.61 Å². The number of carbonyl (C=O) groups excluding carboxylic acids is 1. The molecule has 1 fully saturated rings. The van der Waals surface area contributed by atoms with Crippen LogP contribution in [0.4, 0.5) is 0 Å². The predicted octanol–water partition coefficient (Wildman–Crippen LogP) is -2.42. The van der Waals surface area contributed by atoms with E-state index in [-0.39, 0.29) is 0 Å². The van der Waals surface area contributed by atoms with Crippen molar-refractivity contribution in [2.45, 2.75) is 37.6 Å². The number of hydrogen-bond acceptors (Lipinski definition) is 6. The van der Waals surface area contributed by atoms with Gasteiger partial charge in [-0.3, -0.25) is 4.79 Å². The van der Waals surface area contributed by atoms with Crippen LogP contribution in [0.3, 0.4) is 0 Å². The SMILES string of the molecule is CNC(=O)C1OC(C)OC(C(O)CO)C1O. The molecule has 0 aromatic carbocycles. The fraction of sp³-hybridized carbons (Fsp3) is 0.889. The van der Waals surface area contributed by atoms with Gasteiger partial charge >= 0.3 is 0 Å². The third-order valence-electron chi connectivity index (χ3n) is 2.40. The Bertz CT molecular complexity index is 248. The van der Waals surface area contributed by atoms with Crippen LogP contribution in [-0.2, 0) is 14.3 Å². The topological polar surface area (TPSA) is 108 Å². The van der Waals surface area contributed by atoms with E-state index < -0.39 is 43.2 Å². The quantitative estimate of drug-likeness (QED) is 0.433. The number of nitrogens with one attached hydrogen (secondary N) is 1. The van der Waals surface area contributed by atoms with Crippen molar-refractivity contribution in [1.82, 2.24) is 5.32 Å². The van der Waals surface area contributed by atoms with Gasteiger partial charge in [-0.1, -0.05) is 0 Å². The maximum Gasteiger partial charge on any atom is 0.251 e. The van der Waals surface area contributed by atoms with Crippen molar-refractivity contribution in [3.8, 4) is 0 Å². The Hall–Kier alpha value is -0.730. The van der Waals surface area contributed by atoms with E-state index in [1.807, 2.05) is 0 Å². The number of rotatable bonds is 3. The molecule has 1 saturated heterocycles. The molecule has 1 rings (SSSR count). The van der Waals surface area contributed by atoms with Crippen LogP contribution in [0.1, 0.15) is 6.92 Å². The number of aliphatic hydroxyl groups is 3. The summed E-state index contributed by atoms with van der Waals surface area (Å²) in [5, 5.41) is 30.3. The summed E-state index contributed by atoms with van der Waals surface area (Å²) in [6, 6.07) is 0. The monoisotopic (exact) mass is 235 g/mol. The maximum absolute atomic E-state index is 11.4. The second-order valence-electron chi connectivity index (χ2n) is 3.58. The summed E-state index contributed by atoms with van der Waals surface area (Å²) in [5.74, 6) is -0.502. The van der Waals surface area contributed by atoms with Crippen molar-refractivity contribution in [3.05, 3.63) is 0 Å². The highest BCUT2D eigenvalue weighted by Crippen LogP contribution is 2.21. The van der Waals surface area contributed by atoms with E-state index in [4.69, 9.17) is 14.6 Å². The van der Waals surface area contributed by atoms with E-state index in [1.165, 1.54) is 7.05 Å². The van der Waals surface area contributed by atoms with Crippen LogP contribution in [0.25, 0.3) is 0 Å². The Kier molecular flexibility index (Phi) is 4.63. The first-order chi connectivity index (χ1) is 7.51. The van der Waals surface area contributed by atoms with Crippen LogP contribution in [0, 0.1) is 0 Å². The largest absolute Gasteiger partial charge is 0.394 e. The molecule has 16 heavy (non-hydrogen) atoms. The lowest BCUT2D eigenvalue weighted by Crippen LogP contribution is -2.59. The van der Waals surface area contributed by atoms with Crippen molar-refractivity contribution in [2.24, 2.45) is 0 Å². The first-order valence-electron chi connectivity index (χ1n) is 5.00. The van der Waals surface area contributed by atoms with E-state index in [0.717, 1.165) is 0 Å². The van der Waals surface area contributed by atoms with Crippen LogP contribution in [0.5, 0.6) is 0 Å². The van der Waals surface area contributed by atoms with Gasteiger partial charge in [0.25, 0.3) is 5.91 Å². The van der Waals surface area contributed by atoms with Gasteiger partial charge in [0.1, 0.15) is 18.3 Å². The molecular weight excluding hydrogens is 218 g/mol. The van der Waals surface area contributed by atoms with Gasteiger partial charge in [0, 0.05) is 7.05 Å². The number of carbonyl (C=O) groups is 1. The van der Waals surface area contributed by atoms with Gasteiger partial charge < -0.3 is 30.1 Å². The van der Waals surface area contributed by atoms with Crippen molar-refractivity contribution in [1.29, 1.82) is 0 Å². The minimum absolute atomic E-state index is 0.502. The summed E-state index contributed by atoms with van der Waals surface area (Å²) in [7, 11) is 1.41. The number of aliphatic hydroxyl groups excluding tert-OH is 3. The summed E-state index contributed by atoms with van der Waals surface area (Å²) in [6.45, 7) is 0.980. The zero-order valence-corrected chi connectivity index (χ0v) is 9.16. The van der Waals surface area contributed by atoms with Gasteiger partial charge in [-0.05, 0) is 6.92 Å². The molecule has 0 spiro atoms. The van der Waals surface area contributed by atoms with Crippen molar-refractivity contribution in [2.75, 3.05) is 13.7 Å². The highest BCUT2D eigenvalue weighted by molar-refractivity contribution is 5.81. The molecule has 1 amide bonds. The molecular formula is C9H17NO6. The summed E-state index contributed by atoms with van der Waals surface area (Å²) in [6.07, 6.45) is -5.47. The van der Waals surface area contributed by atoms with Crippen molar-refractivity contribution < 1.29 is 29.6 Å². The molecule has 0 saturated carbocycles. The zero-order chi connectivity index (χ0) is 12.3. The predicted molar refractivity (Wildman–Crippen MR) is 52.4 cm³/mol. The van der Waals surface area contributed by atoms with Crippen LogP contribution in [0.2, 0.25) is 0 Å². The number of likely N-dealkylation sites (N-methyl/N-ethyl adjacent to an activating group) is 1. The number of amides is 1. The third kappa shape index (κ3) is 2.69. The fourth-order valence-corrected chi connectivity index (χ4v) is 1.57. The molecule has 1 heterocycles. The summed E-state index contributed by atoms with van der Waals surface area (Å²) in [5.41, 5.74) is 0. The number of ether oxygens (including phenoxy) is 2. The molecule has 0 radical (unpaired) electrons. The Morgan fingerprint density at radius 2 is 2.12 bits per heavy atom. The van der Waals surface area contributed by atoms with Crippen LogP contribution < -0.4 is 5.32 Å². The lowest BCUT2D eigenvalue weighted by atomic mass is 10.0. The highest BCUT2D eigenvalue weighted by atomic mass is 16.7. The normalized spacial score (nSPS) is 36.8. The minimum atomic E-state index is -1.32. The molecule has 94 valence electrons. The fourth-order valence-electron chi connectivity index (χ4n) is 1.57. The first-order valence-corrected chi connectivity index (χ1v) is 5.00. The van der Waals surface area contributed by atoms with Crippen LogP contribution in [0.15, 0.2) is 0 Å². The van der Waals surface area contributed by atoms with Crippen molar-refractivity contribution in [3.63, 3.8) is 0 Å². The van der Waals surface area contributed by atoms with Crippen molar-refractivity contribution >= 4 is 5.91 Å². The standard InChI is InChI=1S/C9H17NO6/c1-4-15-7(5(12)3-11)6(13)8(16-4)9(14)10-2/h4-8,11-13H,3H2,1-2H3,(H,10,14). The smallest absolute Gasteiger partial charge is 0.251 e. The third-order valence-corrected chi connectivity index (χ3v) is 2.40. The Balaban J connectivity index is 2.77. The van der Waals surface area contributed by atoms with E-state index in [9.17, 15) is 15.0 Å². The van der Waals surface area contributed by atoms with E-state index in [1.54, 1.807) is 6.92 Å². The Morgan fingerprint density at radius 1 is 1.50 bits per heavy atom. The minimum Gasteiger partial charge on any atom is -0.394 e. The molecule has 0 bridgehead atoms.